The number of para-hydroxylation sites is 1. The van der Waals surface area contributed by atoms with Gasteiger partial charge in [-0.15, -0.1) is 0 Å². The van der Waals surface area contributed by atoms with E-state index in [-0.39, 0.29) is 5.91 Å². The van der Waals surface area contributed by atoms with Gasteiger partial charge in [-0.05, 0) is 24.3 Å². The number of aromatic nitrogens is 5. The average Bonchev–Trinajstić information content (AvgIpc) is 3.54. The molecule has 0 aliphatic carbocycles. The number of nitrogens with one attached hydrogen (secondary N) is 1. The topological polar surface area (TPSA) is 85.6 Å². The van der Waals surface area contributed by atoms with Gasteiger partial charge in [-0.1, -0.05) is 59.9 Å². The Morgan fingerprint density at radius 1 is 0.917 bits per heavy atom. The first-order valence-electron chi connectivity index (χ1n) is 11.3. The lowest BCUT2D eigenvalue weighted by atomic mass is 10.0. The number of hydrogen-bond acceptors (Lipinski definition) is 6. The Balaban J connectivity index is 1.43. The second-order valence-corrected chi connectivity index (χ2v) is 9.19. The zero-order valence-electron chi connectivity index (χ0n) is 19.3. The highest BCUT2D eigenvalue weighted by Crippen LogP contribution is 2.38. The van der Waals surface area contributed by atoms with Crippen LogP contribution < -0.4 is 5.32 Å². The largest absolute Gasteiger partial charge is 0.333 e. The Morgan fingerprint density at radius 2 is 1.72 bits per heavy atom. The molecule has 0 atom stereocenters. The molecule has 0 fully saturated rings. The van der Waals surface area contributed by atoms with Crippen molar-refractivity contribution in [1.29, 1.82) is 0 Å². The van der Waals surface area contributed by atoms with Gasteiger partial charge in [0.05, 0.1) is 27.3 Å². The minimum Gasteiger partial charge on any atom is -0.333 e. The first-order chi connectivity index (χ1) is 17.7. The minimum atomic E-state index is -0.251. The molecular weight excluding hydrogens is 468 g/mol. The number of hydrogen-bond donors (Lipinski definition) is 1. The second-order valence-electron chi connectivity index (χ2n) is 8.19. The van der Waals surface area contributed by atoms with Crippen LogP contribution in [0.5, 0.6) is 0 Å². The number of carbonyl (C=O) groups excluding carboxylic acids is 1. The molecular formula is C28H20N6OS. The summed E-state index contributed by atoms with van der Waals surface area (Å²) in [7, 11) is 1.94. The molecule has 0 radical (unpaired) electrons. The van der Waals surface area contributed by atoms with Gasteiger partial charge in [0.25, 0.3) is 5.91 Å². The number of pyridine rings is 2. The van der Waals surface area contributed by atoms with Crippen molar-refractivity contribution in [3.8, 4) is 33.2 Å². The Labute approximate surface area is 211 Å². The molecule has 7 nitrogen and oxygen atoms in total. The summed E-state index contributed by atoms with van der Waals surface area (Å²) >= 11 is 1.40. The number of fused-ring (bicyclic) bond motifs is 1. The van der Waals surface area contributed by atoms with E-state index >= 15 is 0 Å². The lowest BCUT2D eigenvalue weighted by molar-refractivity contribution is 0.102. The smallest absolute Gasteiger partial charge is 0.258 e. The number of imidazole rings is 1. The summed E-state index contributed by atoms with van der Waals surface area (Å²) in [5.41, 5.74) is 4.53. The Morgan fingerprint density at radius 3 is 2.50 bits per heavy atom. The van der Waals surface area contributed by atoms with Crippen LogP contribution in [0.4, 0.5) is 5.13 Å². The van der Waals surface area contributed by atoms with Gasteiger partial charge in [0.15, 0.2) is 11.0 Å². The quantitative estimate of drug-likeness (QED) is 0.318. The molecule has 0 bridgehead atoms. The molecule has 0 saturated carbocycles. The molecule has 2 aromatic carbocycles. The number of carbonyl (C=O) groups is 1. The van der Waals surface area contributed by atoms with Gasteiger partial charge in [-0.25, -0.2) is 15.0 Å². The SMILES string of the molecule is Cn1ccnc1-c1sc(NC(=O)c2cc(-c3cccnc3)nc3ccccc23)nc1-c1ccccc1. The molecule has 4 heterocycles. The van der Waals surface area contributed by atoms with Crippen molar-refractivity contribution in [3.63, 3.8) is 0 Å². The number of anilines is 1. The van der Waals surface area contributed by atoms with Gasteiger partial charge in [-0.2, -0.15) is 0 Å². The molecule has 0 spiro atoms. The molecule has 1 amide bonds. The van der Waals surface area contributed by atoms with Crippen molar-refractivity contribution in [2.24, 2.45) is 7.05 Å². The highest BCUT2D eigenvalue weighted by molar-refractivity contribution is 7.19. The maximum Gasteiger partial charge on any atom is 0.258 e. The first kappa shape index (κ1) is 21.8. The van der Waals surface area contributed by atoms with E-state index in [0.717, 1.165) is 38.4 Å². The average molecular weight is 489 g/mol. The summed E-state index contributed by atoms with van der Waals surface area (Å²) in [6.45, 7) is 0. The van der Waals surface area contributed by atoms with Crippen LogP contribution in [0.2, 0.25) is 0 Å². The van der Waals surface area contributed by atoms with E-state index in [4.69, 9.17) is 9.97 Å². The van der Waals surface area contributed by atoms with E-state index < -0.39 is 0 Å². The van der Waals surface area contributed by atoms with Crippen LogP contribution in [0.15, 0.2) is 97.6 Å². The van der Waals surface area contributed by atoms with Crippen LogP contribution >= 0.6 is 11.3 Å². The van der Waals surface area contributed by atoms with Gasteiger partial charge in [0.2, 0.25) is 0 Å². The van der Waals surface area contributed by atoms with Gasteiger partial charge in [-0.3, -0.25) is 15.1 Å². The Kier molecular flexibility index (Phi) is 5.55. The number of amides is 1. The molecule has 6 aromatic rings. The van der Waals surface area contributed by atoms with Crippen molar-refractivity contribution >= 4 is 33.3 Å². The third-order valence-electron chi connectivity index (χ3n) is 5.84. The fourth-order valence-corrected chi connectivity index (χ4v) is 5.11. The Bertz CT molecular complexity index is 1690. The van der Waals surface area contributed by atoms with E-state index in [2.05, 4.69) is 15.3 Å². The molecule has 174 valence electrons. The summed E-state index contributed by atoms with van der Waals surface area (Å²) in [4.78, 5) is 32.8. The summed E-state index contributed by atoms with van der Waals surface area (Å²) in [5.74, 6) is 0.540. The molecule has 36 heavy (non-hydrogen) atoms. The lowest BCUT2D eigenvalue weighted by Crippen LogP contribution is -2.13. The predicted molar refractivity (Wildman–Crippen MR) is 143 cm³/mol. The highest BCUT2D eigenvalue weighted by Gasteiger charge is 2.21. The van der Waals surface area contributed by atoms with Gasteiger partial charge >= 0.3 is 0 Å². The molecule has 4 aromatic heterocycles. The predicted octanol–water partition coefficient (Wildman–Crippen LogP) is 6.07. The van der Waals surface area contributed by atoms with Gasteiger partial charge in [0, 0.05) is 48.3 Å². The van der Waals surface area contributed by atoms with E-state index in [1.165, 1.54) is 11.3 Å². The molecule has 8 heteroatoms. The summed E-state index contributed by atoms with van der Waals surface area (Å²) in [5, 5.41) is 4.30. The zero-order chi connectivity index (χ0) is 24.5. The number of rotatable bonds is 5. The molecule has 0 aliphatic heterocycles. The fraction of sp³-hybridized carbons (Fsp3) is 0.0357. The molecule has 0 unspecified atom stereocenters. The van der Waals surface area contributed by atoms with E-state index in [1.807, 2.05) is 84.5 Å². The third kappa shape index (κ3) is 4.03. The molecule has 0 aliphatic rings. The standard InChI is InChI=1S/C28H20N6OS/c1-34-15-14-30-26(34)25-24(18-8-3-2-4-9-18)32-28(36-25)33-27(35)21-16-23(19-10-7-13-29-17-19)31-22-12-6-5-11-20(21)22/h2-17H,1H3,(H,32,33,35). The number of thiazole rings is 1. The molecule has 6 rings (SSSR count). The van der Waals surface area contributed by atoms with Crippen LogP contribution in [0.3, 0.4) is 0 Å². The van der Waals surface area contributed by atoms with Crippen molar-refractivity contribution in [2.45, 2.75) is 0 Å². The summed E-state index contributed by atoms with van der Waals surface area (Å²) < 4.78 is 1.95. The number of nitrogens with zero attached hydrogens (tertiary/aromatic N) is 5. The third-order valence-corrected chi connectivity index (χ3v) is 6.80. The van der Waals surface area contributed by atoms with Crippen molar-refractivity contribution < 1.29 is 4.79 Å². The second kappa shape index (κ2) is 9.16. The van der Waals surface area contributed by atoms with Crippen LogP contribution in [0.1, 0.15) is 10.4 Å². The maximum atomic E-state index is 13.6. The monoisotopic (exact) mass is 488 g/mol. The molecule has 0 saturated heterocycles. The van der Waals surface area contributed by atoms with Crippen molar-refractivity contribution in [2.75, 3.05) is 5.32 Å². The summed E-state index contributed by atoms with van der Waals surface area (Å²) in [6, 6.07) is 23.1. The van der Waals surface area contributed by atoms with E-state index in [9.17, 15) is 4.79 Å². The number of benzene rings is 2. The highest BCUT2D eigenvalue weighted by atomic mass is 32.1. The fourth-order valence-electron chi connectivity index (χ4n) is 4.09. The number of aryl methyl sites for hydroxylation is 1. The van der Waals surface area contributed by atoms with Gasteiger partial charge in [0.1, 0.15) is 0 Å². The van der Waals surface area contributed by atoms with Crippen LogP contribution in [0, 0.1) is 0 Å². The normalized spacial score (nSPS) is 11.0. The van der Waals surface area contributed by atoms with Gasteiger partial charge < -0.3 is 4.57 Å². The Hall–Kier alpha value is -4.69. The summed E-state index contributed by atoms with van der Waals surface area (Å²) in [6.07, 6.45) is 7.10. The minimum absolute atomic E-state index is 0.251. The van der Waals surface area contributed by atoms with E-state index in [0.29, 0.717) is 16.4 Å². The van der Waals surface area contributed by atoms with E-state index in [1.54, 1.807) is 24.7 Å². The van der Waals surface area contributed by atoms with Crippen molar-refractivity contribution in [1.82, 2.24) is 24.5 Å². The zero-order valence-corrected chi connectivity index (χ0v) is 20.1. The van der Waals surface area contributed by atoms with Crippen molar-refractivity contribution in [3.05, 3.63) is 103 Å². The van der Waals surface area contributed by atoms with Crippen LogP contribution in [0.25, 0.3) is 44.1 Å². The van der Waals surface area contributed by atoms with Crippen LogP contribution in [-0.4, -0.2) is 30.4 Å². The lowest BCUT2D eigenvalue weighted by Gasteiger charge is -2.09. The van der Waals surface area contributed by atoms with Crippen LogP contribution in [-0.2, 0) is 7.05 Å². The first-order valence-corrected chi connectivity index (χ1v) is 12.1. The molecule has 1 N–H and O–H groups in total. The maximum absolute atomic E-state index is 13.6.